The highest BCUT2D eigenvalue weighted by molar-refractivity contribution is 5.76. The molecular formula is C16H27N5O. The molecule has 1 amide bonds. The highest BCUT2D eigenvalue weighted by Gasteiger charge is 2.18. The Morgan fingerprint density at radius 3 is 3.09 bits per heavy atom. The van der Waals surface area contributed by atoms with E-state index < -0.39 is 0 Å². The van der Waals surface area contributed by atoms with Gasteiger partial charge in [-0.15, -0.1) is 0 Å². The van der Waals surface area contributed by atoms with E-state index in [-0.39, 0.29) is 5.91 Å². The fourth-order valence-electron chi connectivity index (χ4n) is 3.38. The van der Waals surface area contributed by atoms with Crippen LogP contribution in [-0.4, -0.2) is 41.4 Å². The minimum Gasteiger partial charge on any atom is -0.370 e. The Morgan fingerprint density at radius 2 is 2.23 bits per heavy atom. The number of anilines is 1. The molecule has 0 aromatic carbocycles. The summed E-state index contributed by atoms with van der Waals surface area (Å²) >= 11 is 0. The van der Waals surface area contributed by atoms with Crippen LogP contribution in [0.5, 0.6) is 0 Å². The standard InChI is InChI=1S/C16H27N5O/c22-16(20-14-4-2-1-3-5-14)7-8-17-10-13-11-18-15-6-9-19-21(15)12-13/h6,9,13-14,17-18H,1-5,7-8,10-12H2,(H,20,22)/t13-/m0/s1. The van der Waals surface area contributed by atoms with E-state index in [1.165, 1.54) is 19.3 Å². The van der Waals surface area contributed by atoms with Gasteiger partial charge in [-0.2, -0.15) is 5.10 Å². The Hall–Kier alpha value is -1.56. The number of amides is 1. The highest BCUT2D eigenvalue weighted by atomic mass is 16.1. The largest absolute Gasteiger partial charge is 0.370 e. The Balaban J connectivity index is 1.28. The molecule has 3 rings (SSSR count). The zero-order valence-electron chi connectivity index (χ0n) is 13.2. The highest BCUT2D eigenvalue weighted by Crippen LogP contribution is 2.17. The van der Waals surface area contributed by atoms with Crippen LogP contribution in [0.2, 0.25) is 0 Å². The van der Waals surface area contributed by atoms with Gasteiger partial charge in [0.25, 0.3) is 0 Å². The molecule has 0 spiro atoms. The first-order valence-electron chi connectivity index (χ1n) is 8.57. The Bertz CT molecular complexity index is 481. The summed E-state index contributed by atoms with van der Waals surface area (Å²) in [6.45, 7) is 3.58. The summed E-state index contributed by atoms with van der Waals surface area (Å²) in [5.74, 6) is 1.81. The third-order valence-electron chi connectivity index (χ3n) is 4.65. The molecule has 6 nitrogen and oxygen atoms in total. The van der Waals surface area contributed by atoms with Crippen LogP contribution in [0.4, 0.5) is 5.82 Å². The summed E-state index contributed by atoms with van der Waals surface area (Å²) in [6.07, 6.45) is 8.54. The number of hydrogen-bond donors (Lipinski definition) is 3. The van der Waals surface area contributed by atoms with Crippen LogP contribution >= 0.6 is 0 Å². The summed E-state index contributed by atoms with van der Waals surface area (Å²) in [5.41, 5.74) is 0. The second-order valence-corrected chi connectivity index (χ2v) is 6.50. The Morgan fingerprint density at radius 1 is 1.36 bits per heavy atom. The molecule has 2 heterocycles. The van der Waals surface area contributed by atoms with Crippen LogP contribution in [0.1, 0.15) is 38.5 Å². The molecule has 0 unspecified atom stereocenters. The fourth-order valence-corrected chi connectivity index (χ4v) is 3.38. The number of carbonyl (C=O) groups is 1. The summed E-state index contributed by atoms with van der Waals surface area (Å²) in [5, 5.41) is 14.2. The molecular weight excluding hydrogens is 278 g/mol. The first kappa shape index (κ1) is 15.3. The predicted octanol–water partition coefficient (Wildman–Crippen LogP) is 1.35. The molecule has 1 fully saturated rings. The molecule has 122 valence electrons. The molecule has 1 saturated carbocycles. The van der Waals surface area contributed by atoms with Gasteiger partial charge in [-0.1, -0.05) is 19.3 Å². The minimum absolute atomic E-state index is 0.190. The number of hydrogen-bond acceptors (Lipinski definition) is 4. The van der Waals surface area contributed by atoms with Gasteiger partial charge in [0.15, 0.2) is 0 Å². The molecule has 22 heavy (non-hydrogen) atoms. The predicted molar refractivity (Wildman–Crippen MR) is 86.7 cm³/mol. The molecule has 1 aliphatic carbocycles. The third-order valence-corrected chi connectivity index (χ3v) is 4.65. The Labute approximate surface area is 132 Å². The maximum atomic E-state index is 11.9. The lowest BCUT2D eigenvalue weighted by molar-refractivity contribution is -0.121. The lowest BCUT2D eigenvalue weighted by atomic mass is 9.95. The first-order valence-corrected chi connectivity index (χ1v) is 8.57. The first-order chi connectivity index (χ1) is 10.8. The lowest BCUT2D eigenvalue weighted by Crippen LogP contribution is -2.39. The summed E-state index contributed by atoms with van der Waals surface area (Å²) in [4.78, 5) is 11.9. The van der Waals surface area contributed by atoms with Gasteiger partial charge in [0.2, 0.25) is 5.91 Å². The number of aromatic nitrogens is 2. The van der Waals surface area contributed by atoms with E-state index in [4.69, 9.17) is 0 Å². The Kier molecular flexibility index (Phi) is 5.32. The van der Waals surface area contributed by atoms with Crippen molar-refractivity contribution in [3.05, 3.63) is 12.3 Å². The maximum Gasteiger partial charge on any atom is 0.221 e. The quantitative estimate of drug-likeness (QED) is 0.694. The van der Waals surface area contributed by atoms with E-state index in [2.05, 4.69) is 21.0 Å². The van der Waals surface area contributed by atoms with Crippen molar-refractivity contribution in [1.82, 2.24) is 20.4 Å². The van der Waals surface area contributed by atoms with Gasteiger partial charge in [-0.25, -0.2) is 4.68 Å². The van der Waals surface area contributed by atoms with Crippen molar-refractivity contribution in [1.29, 1.82) is 0 Å². The normalized spacial score (nSPS) is 21.9. The van der Waals surface area contributed by atoms with E-state index in [1.54, 1.807) is 0 Å². The second kappa shape index (κ2) is 7.63. The van der Waals surface area contributed by atoms with Gasteiger partial charge in [-0.05, 0) is 12.8 Å². The molecule has 1 atom stereocenters. The average molecular weight is 305 g/mol. The molecule has 0 saturated heterocycles. The molecule has 1 aromatic heterocycles. The molecule has 2 aliphatic rings. The fraction of sp³-hybridized carbons (Fsp3) is 0.750. The van der Waals surface area contributed by atoms with Crippen molar-refractivity contribution in [3.8, 4) is 0 Å². The molecule has 6 heteroatoms. The number of fused-ring (bicyclic) bond motifs is 1. The van der Waals surface area contributed by atoms with E-state index in [0.29, 0.717) is 18.4 Å². The van der Waals surface area contributed by atoms with Crippen LogP contribution < -0.4 is 16.0 Å². The van der Waals surface area contributed by atoms with Crippen LogP contribution in [-0.2, 0) is 11.3 Å². The van der Waals surface area contributed by atoms with Crippen LogP contribution in [0, 0.1) is 5.92 Å². The molecule has 1 aromatic rings. The van der Waals surface area contributed by atoms with E-state index in [9.17, 15) is 4.79 Å². The van der Waals surface area contributed by atoms with Crippen molar-refractivity contribution in [3.63, 3.8) is 0 Å². The van der Waals surface area contributed by atoms with Gasteiger partial charge in [0.05, 0.1) is 6.20 Å². The van der Waals surface area contributed by atoms with Crippen molar-refractivity contribution in [2.45, 2.75) is 51.1 Å². The van der Waals surface area contributed by atoms with Crippen LogP contribution in [0.15, 0.2) is 12.3 Å². The SMILES string of the molecule is O=C(CCNC[C@H]1CNc2ccnn2C1)NC1CCCCC1. The van der Waals surface area contributed by atoms with Crippen molar-refractivity contribution >= 4 is 11.7 Å². The van der Waals surface area contributed by atoms with Crippen molar-refractivity contribution in [2.75, 3.05) is 25.0 Å². The van der Waals surface area contributed by atoms with Crippen LogP contribution in [0.3, 0.4) is 0 Å². The van der Waals surface area contributed by atoms with Gasteiger partial charge in [0.1, 0.15) is 5.82 Å². The second-order valence-electron chi connectivity index (χ2n) is 6.50. The van der Waals surface area contributed by atoms with Gasteiger partial charge >= 0.3 is 0 Å². The van der Waals surface area contributed by atoms with E-state index >= 15 is 0 Å². The minimum atomic E-state index is 0.190. The van der Waals surface area contributed by atoms with Crippen LogP contribution in [0.25, 0.3) is 0 Å². The zero-order valence-corrected chi connectivity index (χ0v) is 13.2. The molecule has 0 radical (unpaired) electrons. The number of carbonyl (C=O) groups excluding carboxylic acids is 1. The topological polar surface area (TPSA) is 71.0 Å². The number of rotatable bonds is 6. The monoisotopic (exact) mass is 305 g/mol. The zero-order chi connectivity index (χ0) is 15.2. The molecule has 1 aliphatic heterocycles. The molecule has 3 N–H and O–H groups in total. The maximum absolute atomic E-state index is 11.9. The van der Waals surface area contributed by atoms with Crippen molar-refractivity contribution < 1.29 is 4.79 Å². The van der Waals surface area contributed by atoms with Crippen molar-refractivity contribution in [2.24, 2.45) is 5.92 Å². The van der Waals surface area contributed by atoms with Gasteiger partial charge < -0.3 is 16.0 Å². The lowest BCUT2D eigenvalue weighted by Gasteiger charge is -2.25. The third kappa shape index (κ3) is 4.22. The average Bonchev–Trinajstić information content (AvgIpc) is 3.00. The van der Waals surface area contributed by atoms with E-state index in [0.717, 1.165) is 44.8 Å². The van der Waals surface area contributed by atoms with Gasteiger partial charge in [-0.3, -0.25) is 4.79 Å². The smallest absolute Gasteiger partial charge is 0.221 e. The van der Waals surface area contributed by atoms with Gasteiger partial charge in [0, 0.05) is 50.6 Å². The summed E-state index contributed by atoms with van der Waals surface area (Å²) in [7, 11) is 0. The number of nitrogens with one attached hydrogen (secondary N) is 3. The number of nitrogens with zero attached hydrogens (tertiary/aromatic N) is 2. The molecule has 0 bridgehead atoms. The summed E-state index contributed by atoms with van der Waals surface area (Å²) < 4.78 is 2.01. The summed E-state index contributed by atoms with van der Waals surface area (Å²) in [6, 6.07) is 2.42. The van der Waals surface area contributed by atoms with E-state index in [1.807, 2.05) is 16.9 Å².